The summed E-state index contributed by atoms with van der Waals surface area (Å²) in [5, 5.41) is 4.16. The van der Waals surface area contributed by atoms with E-state index >= 15 is 0 Å². The highest BCUT2D eigenvalue weighted by molar-refractivity contribution is 6.00. The Morgan fingerprint density at radius 2 is 1.32 bits per heavy atom. The van der Waals surface area contributed by atoms with Crippen LogP contribution in [0, 0.1) is 0 Å². The van der Waals surface area contributed by atoms with Gasteiger partial charge in [-0.3, -0.25) is 4.79 Å². The summed E-state index contributed by atoms with van der Waals surface area (Å²) >= 11 is 0. The zero-order chi connectivity index (χ0) is 17.5. The number of benzene rings is 3. The summed E-state index contributed by atoms with van der Waals surface area (Å²) in [6, 6.07) is 26.2. The lowest BCUT2D eigenvalue weighted by Crippen LogP contribution is -2.19. The van der Waals surface area contributed by atoms with Gasteiger partial charge >= 0.3 is 0 Å². The van der Waals surface area contributed by atoms with Crippen LogP contribution < -0.4 is 10.2 Å². The number of nitrogens with zero attached hydrogens (tertiary/aromatic N) is 1. The molecule has 124 valence electrons. The molecule has 0 saturated heterocycles. The summed E-state index contributed by atoms with van der Waals surface area (Å²) in [5.74, 6) is 1.30. The maximum atomic E-state index is 12.0. The van der Waals surface area contributed by atoms with Gasteiger partial charge in [0.1, 0.15) is 11.5 Å². The summed E-state index contributed by atoms with van der Waals surface area (Å²) in [6.45, 7) is 1.85. The quantitative estimate of drug-likeness (QED) is 0.547. The molecule has 0 aliphatic heterocycles. The van der Waals surface area contributed by atoms with E-state index in [1.54, 1.807) is 12.1 Å². The molecule has 0 spiro atoms. The molecule has 4 nitrogen and oxygen atoms in total. The minimum absolute atomic E-state index is 0.232. The number of nitrogens with one attached hydrogen (secondary N) is 1. The van der Waals surface area contributed by atoms with Gasteiger partial charge in [0.15, 0.2) is 0 Å². The fourth-order valence-electron chi connectivity index (χ4n) is 2.24. The monoisotopic (exact) mass is 330 g/mol. The second-order valence-electron chi connectivity index (χ2n) is 5.44. The summed E-state index contributed by atoms with van der Waals surface area (Å²) in [5.41, 5.74) is 4.77. The van der Waals surface area contributed by atoms with Gasteiger partial charge in [-0.2, -0.15) is 5.10 Å². The van der Waals surface area contributed by atoms with Crippen molar-refractivity contribution in [3.63, 3.8) is 0 Å². The molecule has 25 heavy (non-hydrogen) atoms. The van der Waals surface area contributed by atoms with E-state index in [9.17, 15) is 4.79 Å². The molecule has 3 aromatic carbocycles. The fourth-order valence-corrected chi connectivity index (χ4v) is 2.24. The SMILES string of the molecule is CC(=NNC(=O)c1ccccc1)c1ccc(Oc2ccccc2)cc1. The molecule has 0 unspecified atom stereocenters. The number of rotatable bonds is 5. The van der Waals surface area contributed by atoms with Crippen molar-refractivity contribution >= 4 is 11.6 Å². The molecule has 0 aliphatic rings. The van der Waals surface area contributed by atoms with E-state index in [0.717, 1.165) is 22.8 Å². The third kappa shape index (κ3) is 4.54. The lowest BCUT2D eigenvalue weighted by atomic mass is 10.1. The molecule has 0 radical (unpaired) electrons. The largest absolute Gasteiger partial charge is 0.457 e. The molecule has 0 atom stereocenters. The zero-order valence-corrected chi connectivity index (χ0v) is 13.8. The number of para-hydroxylation sites is 1. The first-order valence-electron chi connectivity index (χ1n) is 7.95. The average molecular weight is 330 g/mol. The number of hydrogen-bond acceptors (Lipinski definition) is 3. The Balaban J connectivity index is 1.64. The molecular weight excluding hydrogens is 312 g/mol. The van der Waals surface area contributed by atoms with Crippen LogP contribution in [0.2, 0.25) is 0 Å². The topological polar surface area (TPSA) is 50.7 Å². The van der Waals surface area contributed by atoms with Crippen LogP contribution in [0.3, 0.4) is 0 Å². The molecular formula is C21H18N2O2. The van der Waals surface area contributed by atoms with Crippen LogP contribution in [-0.4, -0.2) is 11.6 Å². The summed E-state index contributed by atoms with van der Waals surface area (Å²) < 4.78 is 5.76. The van der Waals surface area contributed by atoms with Gasteiger partial charge in [0.2, 0.25) is 0 Å². The van der Waals surface area contributed by atoms with Crippen LogP contribution in [-0.2, 0) is 0 Å². The molecule has 3 aromatic rings. The van der Waals surface area contributed by atoms with Gasteiger partial charge in [0, 0.05) is 5.56 Å². The van der Waals surface area contributed by atoms with Crippen LogP contribution in [0.25, 0.3) is 0 Å². The standard InChI is InChI=1S/C21H18N2O2/c1-16(22-23-21(24)18-8-4-2-5-9-18)17-12-14-20(15-13-17)25-19-10-6-3-7-11-19/h2-15H,1H3,(H,23,24). The van der Waals surface area contributed by atoms with Crippen molar-refractivity contribution in [1.82, 2.24) is 5.43 Å². The van der Waals surface area contributed by atoms with Crippen molar-refractivity contribution in [3.8, 4) is 11.5 Å². The Bertz CT molecular complexity index is 857. The van der Waals surface area contributed by atoms with E-state index in [0.29, 0.717) is 5.56 Å². The van der Waals surface area contributed by atoms with E-state index < -0.39 is 0 Å². The molecule has 0 bridgehead atoms. The van der Waals surface area contributed by atoms with Crippen molar-refractivity contribution in [2.24, 2.45) is 5.10 Å². The third-order valence-electron chi connectivity index (χ3n) is 3.61. The van der Waals surface area contributed by atoms with Gasteiger partial charge in [-0.25, -0.2) is 5.43 Å². The van der Waals surface area contributed by atoms with Crippen molar-refractivity contribution in [3.05, 3.63) is 96.1 Å². The molecule has 0 aromatic heterocycles. The van der Waals surface area contributed by atoms with E-state index in [4.69, 9.17) is 4.74 Å². The lowest BCUT2D eigenvalue weighted by Gasteiger charge is -2.07. The van der Waals surface area contributed by atoms with Crippen molar-refractivity contribution in [1.29, 1.82) is 0 Å². The van der Waals surface area contributed by atoms with Gasteiger partial charge in [0.25, 0.3) is 5.91 Å². The lowest BCUT2D eigenvalue weighted by molar-refractivity contribution is 0.0955. The van der Waals surface area contributed by atoms with E-state index in [-0.39, 0.29) is 5.91 Å². The number of hydrazone groups is 1. The first-order valence-corrected chi connectivity index (χ1v) is 7.95. The highest BCUT2D eigenvalue weighted by Crippen LogP contribution is 2.21. The molecule has 0 saturated carbocycles. The van der Waals surface area contributed by atoms with Gasteiger partial charge in [-0.15, -0.1) is 0 Å². The maximum Gasteiger partial charge on any atom is 0.271 e. The van der Waals surface area contributed by atoms with E-state index in [1.165, 1.54) is 0 Å². The Kier molecular flexibility index (Phi) is 5.22. The molecule has 0 fully saturated rings. The fraction of sp³-hybridized carbons (Fsp3) is 0.0476. The second kappa shape index (κ2) is 7.93. The van der Waals surface area contributed by atoms with Gasteiger partial charge in [0.05, 0.1) is 5.71 Å². The number of carbonyl (C=O) groups excluding carboxylic acids is 1. The molecule has 0 heterocycles. The molecule has 0 aliphatic carbocycles. The van der Waals surface area contributed by atoms with Crippen LogP contribution >= 0.6 is 0 Å². The Morgan fingerprint density at radius 1 is 0.760 bits per heavy atom. The average Bonchev–Trinajstić information content (AvgIpc) is 2.68. The highest BCUT2D eigenvalue weighted by atomic mass is 16.5. The second-order valence-corrected chi connectivity index (χ2v) is 5.44. The molecule has 1 amide bonds. The third-order valence-corrected chi connectivity index (χ3v) is 3.61. The molecule has 4 heteroatoms. The van der Waals surface area contributed by atoms with E-state index in [1.807, 2.05) is 79.7 Å². The van der Waals surface area contributed by atoms with Gasteiger partial charge in [-0.1, -0.05) is 36.4 Å². The molecule has 1 N–H and O–H groups in total. The van der Waals surface area contributed by atoms with Gasteiger partial charge in [-0.05, 0) is 61.0 Å². The highest BCUT2D eigenvalue weighted by Gasteiger charge is 2.04. The predicted molar refractivity (Wildman–Crippen MR) is 99.1 cm³/mol. The molecule has 3 rings (SSSR count). The smallest absolute Gasteiger partial charge is 0.271 e. The predicted octanol–water partition coefficient (Wildman–Crippen LogP) is 4.63. The maximum absolute atomic E-state index is 12.0. The van der Waals surface area contributed by atoms with Crippen LogP contribution in [0.1, 0.15) is 22.8 Å². The van der Waals surface area contributed by atoms with Gasteiger partial charge < -0.3 is 4.74 Å². The summed E-state index contributed by atoms with van der Waals surface area (Å²) in [4.78, 5) is 12.0. The number of amides is 1. The zero-order valence-electron chi connectivity index (χ0n) is 13.8. The van der Waals surface area contributed by atoms with Crippen LogP contribution in [0.5, 0.6) is 11.5 Å². The van der Waals surface area contributed by atoms with Crippen LogP contribution in [0.15, 0.2) is 90.0 Å². The first-order chi connectivity index (χ1) is 12.2. The van der Waals surface area contributed by atoms with Crippen molar-refractivity contribution in [2.75, 3.05) is 0 Å². The van der Waals surface area contributed by atoms with Crippen molar-refractivity contribution < 1.29 is 9.53 Å². The summed E-state index contributed by atoms with van der Waals surface area (Å²) in [6.07, 6.45) is 0. The number of hydrogen-bond donors (Lipinski definition) is 1. The normalized spacial score (nSPS) is 11.0. The number of carbonyl (C=O) groups is 1. The minimum Gasteiger partial charge on any atom is -0.457 e. The Morgan fingerprint density at radius 3 is 1.96 bits per heavy atom. The first kappa shape index (κ1) is 16.5. The number of ether oxygens (including phenoxy) is 1. The Labute approximate surface area is 146 Å². The van der Waals surface area contributed by atoms with Crippen molar-refractivity contribution in [2.45, 2.75) is 6.92 Å². The summed E-state index contributed by atoms with van der Waals surface area (Å²) in [7, 11) is 0. The van der Waals surface area contributed by atoms with E-state index in [2.05, 4.69) is 10.5 Å². The Hall–Kier alpha value is -3.40. The van der Waals surface area contributed by atoms with Crippen LogP contribution in [0.4, 0.5) is 0 Å². The minimum atomic E-state index is -0.232.